The van der Waals surface area contributed by atoms with E-state index in [0.29, 0.717) is 22.4 Å². The standard InChI is InChI=1S/C17H23ClN4O/c1-10-7-13(14(23-6)8-12(10)18)21-15-9-16(20-11(2)19-15)22-17(3,4)5/h7-9H,1-6H3,(H2,19,20,21,22). The molecule has 1 aromatic heterocycles. The first kappa shape index (κ1) is 17.3. The summed E-state index contributed by atoms with van der Waals surface area (Å²) in [5, 5.41) is 7.31. The second-order valence-corrected chi connectivity index (χ2v) is 6.89. The lowest BCUT2D eigenvalue weighted by Crippen LogP contribution is -2.27. The fourth-order valence-electron chi connectivity index (χ4n) is 2.15. The molecule has 2 N–H and O–H groups in total. The molecule has 1 heterocycles. The lowest BCUT2D eigenvalue weighted by atomic mass is 10.1. The van der Waals surface area contributed by atoms with Gasteiger partial charge < -0.3 is 15.4 Å². The SMILES string of the molecule is COc1cc(Cl)c(C)cc1Nc1cc(NC(C)(C)C)nc(C)n1. The zero-order valence-corrected chi connectivity index (χ0v) is 15.2. The third-order valence-electron chi connectivity index (χ3n) is 3.08. The Morgan fingerprint density at radius 3 is 2.30 bits per heavy atom. The Labute approximate surface area is 142 Å². The maximum Gasteiger partial charge on any atom is 0.143 e. The van der Waals surface area contributed by atoms with Crippen LogP contribution in [0.25, 0.3) is 0 Å². The summed E-state index contributed by atoms with van der Waals surface area (Å²) in [6, 6.07) is 5.61. The Morgan fingerprint density at radius 1 is 1.04 bits per heavy atom. The van der Waals surface area contributed by atoms with Gasteiger partial charge in [-0.1, -0.05) is 11.6 Å². The molecule has 0 unspecified atom stereocenters. The van der Waals surface area contributed by atoms with E-state index >= 15 is 0 Å². The highest BCUT2D eigenvalue weighted by Crippen LogP contribution is 2.33. The molecular weight excluding hydrogens is 312 g/mol. The first-order chi connectivity index (χ1) is 10.7. The molecule has 5 nitrogen and oxygen atoms in total. The third-order valence-corrected chi connectivity index (χ3v) is 3.49. The van der Waals surface area contributed by atoms with Crippen molar-refractivity contribution in [1.29, 1.82) is 0 Å². The summed E-state index contributed by atoms with van der Waals surface area (Å²) in [5.41, 5.74) is 1.70. The van der Waals surface area contributed by atoms with Gasteiger partial charge in [0.15, 0.2) is 0 Å². The van der Waals surface area contributed by atoms with E-state index < -0.39 is 0 Å². The number of benzene rings is 1. The number of rotatable bonds is 4. The molecule has 1 aromatic carbocycles. The molecule has 0 aliphatic rings. The van der Waals surface area contributed by atoms with Crippen molar-refractivity contribution in [3.8, 4) is 5.75 Å². The van der Waals surface area contributed by atoms with Gasteiger partial charge >= 0.3 is 0 Å². The number of halogens is 1. The van der Waals surface area contributed by atoms with Crippen LogP contribution < -0.4 is 15.4 Å². The van der Waals surface area contributed by atoms with Crippen LogP contribution >= 0.6 is 11.6 Å². The van der Waals surface area contributed by atoms with Crippen molar-refractivity contribution in [1.82, 2.24) is 9.97 Å². The van der Waals surface area contributed by atoms with E-state index in [4.69, 9.17) is 16.3 Å². The molecule has 0 spiro atoms. The summed E-state index contributed by atoms with van der Waals surface area (Å²) in [6.07, 6.45) is 0. The quantitative estimate of drug-likeness (QED) is 0.848. The van der Waals surface area contributed by atoms with Crippen molar-refractivity contribution in [3.63, 3.8) is 0 Å². The number of ether oxygens (including phenoxy) is 1. The number of aryl methyl sites for hydroxylation is 2. The molecule has 0 fully saturated rings. The molecule has 0 aliphatic carbocycles. The second-order valence-electron chi connectivity index (χ2n) is 6.49. The van der Waals surface area contributed by atoms with Crippen LogP contribution in [0.1, 0.15) is 32.2 Å². The number of nitrogens with zero attached hydrogens (tertiary/aromatic N) is 2. The van der Waals surface area contributed by atoms with Crippen LogP contribution in [0.5, 0.6) is 5.75 Å². The highest BCUT2D eigenvalue weighted by Gasteiger charge is 2.13. The van der Waals surface area contributed by atoms with Crippen LogP contribution in [-0.4, -0.2) is 22.6 Å². The summed E-state index contributed by atoms with van der Waals surface area (Å²) in [5.74, 6) is 2.83. The molecule has 0 saturated heterocycles. The van der Waals surface area contributed by atoms with Crippen LogP contribution in [0, 0.1) is 13.8 Å². The molecule has 124 valence electrons. The Kier molecular flexibility index (Phi) is 5.00. The van der Waals surface area contributed by atoms with E-state index in [1.165, 1.54) is 0 Å². The first-order valence-electron chi connectivity index (χ1n) is 7.43. The maximum atomic E-state index is 6.15. The lowest BCUT2D eigenvalue weighted by Gasteiger charge is -2.22. The van der Waals surface area contributed by atoms with E-state index in [1.807, 2.05) is 26.0 Å². The molecule has 6 heteroatoms. The van der Waals surface area contributed by atoms with Gasteiger partial charge in [-0.2, -0.15) is 0 Å². The Morgan fingerprint density at radius 2 is 1.70 bits per heavy atom. The van der Waals surface area contributed by atoms with Crippen molar-refractivity contribution >= 4 is 28.9 Å². The summed E-state index contributed by atoms with van der Waals surface area (Å²) >= 11 is 6.15. The second kappa shape index (κ2) is 6.62. The van der Waals surface area contributed by atoms with Gasteiger partial charge in [0.25, 0.3) is 0 Å². The minimum absolute atomic E-state index is 0.0768. The molecule has 0 bridgehead atoms. The van der Waals surface area contributed by atoms with Gasteiger partial charge in [-0.15, -0.1) is 0 Å². The lowest BCUT2D eigenvalue weighted by molar-refractivity contribution is 0.416. The number of anilines is 3. The van der Waals surface area contributed by atoms with Crippen molar-refractivity contribution < 1.29 is 4.74 Å². The van der Waals surface area contributed by atoms with Crippen LogP contribution in [-0.2, 0) is 0 Å². The maximum absolute atomic E-state index is 6.15. The largest absolute Gasteiger partial charge is 0.495 e. The van der Waals surface area contributed by atoms with Crippen LogP contribution in [0.2, 0.25) is 5.02 Å². The first-order valence-corrected chi connectivity index (χ1v) is 7.81. The highest BCUT2D eigenvalue weighted by molar-refractivity contribution is 6.31. The molecule has 0 aliphatic heterocycles. The molecule has 2 aromatic rings. The minimum Gasteiger partial charge on any atom is -0.495 e. The number of methoxy groups -OCH3 is 1. The molecule has 2 rings (SSSR count). The summed E-state index contributed by atoms with van der Waals surface area (Å²) < 4.78 is 5.39. The number of hydrogen-bond donors (Lipinski definition) is 2. The molecule has 0 atom stereocenters. The van der Waals surface area contributed by atoms with Crippen molar-refractivity contribution in [2.75, 3.05) is 17.7 Å². The van der Waals surface area contributed by atoms with Gasteiger partial charge in [-0.25, -0.2) is 9.97 Å². The Bertz CT molecular complexity index is 710. The van der Waals surface area contributed by atoms with E-state index in [9.17, 15) is 0 Å². The van der Waals surface area contributed by atoms with E-state index in [2.05, 4.69) is 41.4 Å². The van der Waals surface area contributed by atoms with Gasteiger partial charge in [-0.3, -0.25) is 0 Å². The third kappa shape index (κ3) is 4.73. The fourth-order valence-corrected chi connectivity index (χ4v) is 2.30. The Hall–Kier alpha value is -2.01. The number of nitrogens with one attached hydrogen (secondary N) is 2. The van der Waals surface area contributed by atoms with Crippen molar-refractivity contribution in [3.05, 3.63) is 34.6 Å². The number of hydrogen-bond acceptors (Lipinski definition) is 5. The molecule has 0 saturated carbocycles. The monoisotopic (exact) mass is 334 g/mol. The summed E-state index contributed by atoms with van der Waals surface area (Å²) in [7, 11) is 1.62. The average Bonchev–Trinajstić information content (AvgIpc) is 2.40. The van der Waals surface area contributed by atoms with Crippen molar-refractivity contribution in [2.45, 2.75) is 40.2 Å². The fraction of sp³-hybridized carbons (Fsp3) is 0.412. The number of aromatic nitrogens is 2. The minimum atomic E-state index is -0.0768. The van der Waals surface area contributed by atoms with Crippen molar-refractivity contribution in [2.24, 2.45) is 0 Å². The average molecular weight is 335 g/mol. The molecular formula is C17H23ClN4O. The van der Waals surface area contributed by atoms with Gasteiger partial charge in [-0.05, 0) is 46.2 Å². The topological polar surface area (TPSA) is 59.1 Å². The molecule has 23 heavy (non-hydrogen) atoms. The van der Waals surface area contributed by atoms with Crippen LogP contribution in [0.15, 0.2) is 18.2 Å². The van der Waals surface area contributed by atoms with Crippen LogP contribution in [0.3, 0.4) is 0 Å². The zero-order chi connectivity index (χ0) is 17.2. The van der Waals surface area contributed by atoms with E-state index in [0.717, 1.165) is 17.1 Å². The van der Waals surface area contributed by atoms with E-state index in [1.54, 1.807) is 13.2 Å². The molecule has 0 amide bonds. The van der Waals surface area contributed by atoms with E-state index in [-0.39, 0.29) is 5.54 Å². The summed E-state index contributed by atoms with van der Waals surface area (Å²) in [4.78, 5) is 8.86. The summed E-state index contributed by atoms with van der Waals surface area (Å²) in [6.45, 7) is 10.1. The highest BCUT2D eigenvalue weighted by atomic mass is 35.5. The zero-order valence-electron chi connectivity index (χ0n) is 14.4. The van der Waals surface area contributed by atoms with Gasteiger partial charge in [0, 0.05) is 22.7 Å². The van der Waals surface area contributed by atoms with Gasteiger partial charge in [0.2, 0.25) is 0 Å². The molecule has 0 radical (unpaired) electrons. The van der Waals surface area contributed by atoms with Gasteiger partial charge in [0.1, 0.15) is 23.2 Å². The van der Waals surface area contributed by atoms with Gasteiger partial charge in [0.05, 0.1) is 12.8 Å². The van der Waals surface area contributed by atoms with Crippen LogP contribution in [0.4, 0.5) is 17.3 Å². The predicted octanol–water partition coefficient (Wildman–Crippen LogP) is 4.71. The predicted molar refractivity (Wildman–Crippen MR) is 96.2 cm³/mol. The Balaban J connectivity index is 2.35. The smallest absolute Gasteiger partial charge is 0.143 e. The normalized spacial score (nSPS) is 11.3.